The van der Waals surface area contributed by atoms with Crippen LogP contribution < -0.4 is 0 Å². The Morgan fingerprint density at radius 3 is 2.15 bits per heavy atom. The number of aryl methyl sites for hydroxylation is 1. The van der Waals surface area contributed by atoms with Crippen molar-refractivity contribution in [1.29, 1.82) is 0 Å². The Bertz CT molecular complexity index is 600. The number of nitrogens with zero attached hydrogens (tertiary/aromatic N) is 2. The summed E-state index contributed by atoms with van der Waals surface area (Å²) >= 11 is 0. The first-order valence-electron chi connectivity index (χ1n) is 7.98. The molecule has 1 amide bonds. The summed E-state index contributed by atoms with van der Waals surface area (Å²) in [6, 6.07) is 8.48. The summed E-state index contributed by atoms with van der Waals surface area (Å²) in [5, 5.41) is 7.12. The monoisotopic (exact) mass is 376 g/mol. The van der Waals surface area contributed by atoms with E-state index in [2.05, 4.69) is 36.1 Å². The molecule has 6 nitrogen and oxygen atoms in total. The molecule has 1 aromatic carbocycles. The van der Waals surface area contributed by atoms with E-state index in [1.54, 1.807) is 7.11 Å². The van der Waals surface area contributed by atoms with Gasteiger partial charge in [-0.1, -0.05) is 24.3 Å². The maximum Gasteiger partial charge on any atom is 0.490 e. The van der Waals surface area contributed by atoms with E-state index >= 15 is 0 Å². The van der Waals surface area contributed by atoms with Gasteiger partial charge in [0.2, 0.25) is 5.91 Å². The van der Waals surface area contributed by atoms with Gasteiger partial charge in [0.15, 0.2) is 0 Å². The van der Waals surface area contributed by atoms with Gasteiger partial charge in [-0.2, -0.15) is 13.2 Å². The molecule has 146 valence electrons. The number of carbonyl (C=O) groups is 2. The third kappa shape index (κ3) is 7.40. The van der Waals surface area contributed by atoms with E-state index in [4.69, 9.17) is 14.6 Å². The average molecular weight is 376 g/mol. The summed E-state index contributed by atoms with van der Waals surface area (Å²) in [4.78, 5) is 24.9. The quantitative estimate of drug-likeness (QED) is 0.870. The molecule has 1 fully saturated rings. The molecule has 0 bridgehead atoms. The van der Waals surface area contributed by atoms with Crippen molar-refractivity contribution in [3.8, 4) is 0 Å². The van der Waals surface area contributed by atoms with Crippen molar-refractivity contribution >= 4 is 11.9 Å². The zero-order valence-corrected chi connectivity index (χ0v) is 14.8. The van der Waals surface area contributed by atoms with Crippen molar-refractivity contribution in [3.05, 3.63) is 35.4 Å². The van der Waals surface area contributed by atoms with Crippen molar-refractivity contribution in [2.75, 3.05) is 39.9 Å². The Balaban J connectivity index is 0.000000412. The maximum atomic E-state index is 11.7. The van der Waals surface area contributed by atoms with Crippen LogP contribution in [-0.4, -0.2) is 72.9 Å². The van der Waals surface area contributed by atoms with Gasteiger partial charge in [-0.3, -0.25) is 9.69 Å². The Hall–Kier alpha value is -2.13. The number of amides is 1. The SMILES string of the molecule is COCC(=O)N1CCN(Cc2ccccc2C)CC1.O=C(O)C(F)(F)F. The lowest BCUT2D eigenvalue weighted by Gasteiger charge is -2.34. The van der Waals surface area contributed by atoms with Crippen molar-refractivity contribution in [1.82, 2.24) is 9.80 Å². The number of aliphatic carboxylic acids is 1. The summed E-state index contributed by atoms with van der Waals surface area (Å²) in [7, 11) is 1.56. The van der Waals surface area contributed by atoms with E-state index < -0.39 is 12.1 Å². The molecule has 0 spiro atoms. The molecule has 0 saturated carbocycles. The second-order valence-electron chi connectivity index (χ2n) is 5.82. The van der Waals surface area contributed by atoms with Gasteiger partial charge in [-0.05, 0) is 18.1 Å². The number of halogens is 3. The van der Waals surface area contributed by atoms with Gasteiger partial charge in [0.1, 0.15) is 6.61 Å². The zero-order chi connectivity index (χ0) is 19.7. The number of piperazine rings is 1. The van der Waals surface area contributed by atoms with E-state index in [1.165, 1.54) is 11.1 Å². The number of benzene rings is 1. The molecule has 1 heterocycles. The molecule has 1 saturated heterocycles. The average Bonchev–Trinajstić information content (AvgIpc) is 2.57. The minimum atomic E-state index is -5.08. The van der Waals surface area contributed by atoms with E-state index in [1.807, 2.05) is 4.90 Å². The first kappa shape index (κ1) is 21.9. The summed E-state index contributed by atoms with van der Waals surface area (Å²) in [6.07, 6.45) is -5.08. The molecular weight excluding hydrogens is 353 g/mol. The summed E-state index contributed by atoms with van der Waals surface area (Å²) in [6.45, 7) is 6.78. The summed E-state index contributed by atoms with van der Waals surface area (Å²) < 4.78 is 36.6. The van der Waals surface area contributed by atoms with Crippen LogP contribution in [0.5, 0.6) is 0 Å². The molecule has 0 radical (unpaired) electrons. The molecule has 26 heavy (non-hydrogen) atoms. The molecule has 1 aromatic rings. The number of rotatable bonds is 4. The second kappa shape index (κ2) is 10.1. The van der Waals surface area contributed by atoms with E-state index in [-0.39, 0.29) is 12.5 Å². The predicted molar refractivity (Wildman–Crippen MR) is 88.6 cm³/mol. The number of ether oxygens (including phenoxy) is 1. The van der Waals surface area contributed by atoms with Crippen LogP contribution >= 0.6 is 0 Å². The largest absolute Gasteiger partial charge is 0.490 e. The van der Waals surface area contributed by atoms with Crippen molar-refractivity contribution in [2.24, 2.45) is 0 Å². The molecule has 2 rings (SSSR count). The highest BCUT2D eigenvalue weighted by atomic mass is 19.4. The highest BCUT2D eigenvalue weighted by molar-refractivity contribution is 5.77. The van der Waals surface area contributed by atoms with Crippen molar-refractivity contribution < 1.29 is 32.6 Å². The number of carbonyl (C=O) groups excluding carboxylic acids is 1. The van der Waals surface area contributed by atoms with Gasteiger partial charge in [0.25, 0.3) is 0 Å². The van der Waals surface area contributed by atoms with Crippen LogP contribution in [0.3, 0.4) is 0 Å². The molecule has 1 aliphatic rings. The van der Waals surface area contributed by atoms with Gasteiger partial charge >= 0.3 is 12.1 Å². The lowest BCUT2D eigenvalue weighted by molar-refractivity contribution is -0.192. The number of hydrogen-bond donors (Lipinski definition) is 1. The maximum absolute atomic E-state index is 11.7. The lowest BCUT2D eigenvalue weighted by Crippen LogP contribution is -2.49. The number of alkyl halides is 3. The molecule has 9 heteroatoms. The van der Waals surface area contributed by atoms with Crippen LogP contribution in [0.2, 0.25) is 0 Å². The van der Waals surface area contributed by atoms with E-state index in [9.17, 15) is 18.0 Å². The molecule has 0 unspecified atom stereocenters. The first-order chi connectivity index (χ1) is 12.1. The first-order valence-corrected chi connectivity index (χ1v) is 7.98. The number of methoxy groups -OCH3 is 1. The molecular formula is C17H23F3N2O4. The van der Waals surface area contributed by atoms with E-state index in [0.29, 0.717) is 0 Å². The Morgan fingerprint density at radius 1 is 1.15 bits per heavy atom. The van der Waals surface area contributed by atoms with Gasteiger partial charge in [0.05, 0.1) is 0 Å². The normalized spacial score (nSPS) is 15.2. The molecule has 1 aliphatic heterocycles. The minimum Gasteiger partial charge on any atom is -0.475 e. The van der Waals surface area contributed by atoms with Crippen LogP contribution in [-0.2, 0) is 20.9 Å². The fraction of sp³-hybridized carbons (Fsp3) is 0.529. The highest BCUT2D eigenvalue weighted by Crippen LogP contribution is 2.13. The Morgan fingerprint density at radius 2 is 1.69 bits per heavy atom. The van der Waals surface area contributed by atoms with Gasteiger partial charge < -0.3 is 14.7 Å². The topological polar surface area (TPSA) is 70.1 Å². The second-order valence-corrected chi connectivity index (χ2v) is 5.82. The van der Waals surface area contributed by atoms with Crippen LogP contribution in [0.1, 0.15) is 11.1 Å². The fourth-order valence-electron chi connectivity index (χ4n) is 2.40. The zero-order valence-electron chi connectivity index (χ0n) is 14.8. The standard InChI is InChI=1S/C15H22N2O2.C2HF3O2/c1-13-5-3-4-6-14(13)11-16-7-9-17(10-8-16)15(18)12-19-2;3-2(4,5)1(6)7/h3-6H,7-12H2,1-2H3;(H,6,7). The van der Waals surface area contributed by atoms with E-state index in [0.717, 1.165) is 32.7 Å². The third-order valence-electron chi connectivity index (χ3n) is 3.89. The van der Waals surface area contributed by atoms with Crippen LogP contribution in [0.4, 0.5) is 13.2 Å². The smallest absolute Gasteiger partial charge is 0.475 e. The van der Waals surface area contributed by atoms with Gasteiger partial charge in [0, 0.05) is 39.8 Å². The van der Waals surface area contributed by atoms with Crippen LogP contribution in [0, 0.1) is 6.92 Å². The molecule has 0 atom stereocenters. The summed E-state index contributed by atoms with van der Waals surface area (Å²) in [5.41, 5.74) is 2.71. The van der Waals surface area contributed by atoms with Gasteiger partial charge in [-0.25, -0.2) is 4.79 Å². The van der Waals surface area contributed by atoms with Gasteiger partial charge in [-0.15, -0.1) is 0 Å². The third-order valence-corrected chi connectivity index (χ3v) is 3.89. The number of hydrogen-bond acceptors (Lipinski definition) is 4. The Kier molecular flexibility index (Phi) is 8.53. The predicted octanol–water partition coefficient (Wildman–Crippen LogP) is 1.92. The van der Waals surface area contributed by atoms with Crippen molar-refractivity contribution in [3.63, 3.8) is 0 Å². The molecule has 0 aromatic heterocycles. The number of carboxylic acids is 1. The van der Waals surface area contributed by atoms with Crippen LogP contribution in [0.25, 0.3) is 0 Å². The molecule has 0 aliphatic carbocycles. The number of carboxylic acid groups (broad SMARTS) is 1. The van der Waals surface area contributed by atoms with Crippen LogP contribution in [0.15, 0.2) is 24.3 Å². The highest BCUT2D eigenvalue weighted by Gasteiger charge is 2.38. The minimum absolute atomic E-state index is 0.0954. The fourth-order valence-corrected chi connectivity index (χ4v) is 2.40. The molecule has 1 N–H and O–H groups in total. The van der Waals surface area contributed by atoms with Crippen molar-refractivity contribution in [2.45, 2.75) is 19.6 Å². The summed E-state index contributed by atoms with van der Waals surface area (Å²) in [5.74, 6) is -2.66. The lowest BCUT2D eigenvalue weighted by atomic mass is 10.1. The Labute approximate surface area is 150 Å².